The van der Waals surface area contributed by atoms with Crippen molar-refractivity contribution in [3.63, 3.8) is 0 Å². The Bertz CT molecular complexity index is 263. The van der Waals surface area contributed by atoms with Crippen LogP contribution in [0.5, 0.6) is 5.75 Å². The number of hydrogen-bond donors (Lipinski definition) is 0. The number of hydrogen-bond acceptors (Lipinski definition) is 3. The lowest BCUT2D eigenvalue weighted by molar-refractivity contribution is 0.412. The van der Waals surface area contributed by atoms with Gasteiger partial charge in [0.25, 0.3) is 0 Å². The van der Waals surface area contributed by atoms with Gasteiger partial charge in [-0.2, -0.15) is 11.8 Å². The summed E-state index contributed by atoms with van der Waals surface area (Å²) in [5, 5.41) is 0.659. The molecule has 1 aromatic heterocycles. The molecule has 0 radical (unpaired) electrons. The first-order valence-corrected chi connectivity index (χ1v) is 5.36. The second-order valence-corrected chi connectivity index (χ2v) is 4.66. The summed E-state index contributed by atoms with van der Waals surface area (Å²) >= 11 is 1.91. The molecule has 0 saturated carbocycles. The summed E-state index contributed by atoms with van der Waals surface area (Å²) < 4.78 is 5.09. The number of thioether (sulfide) groups is 1. The van der Waals surface area contributed by atoms with Crippen molar-refractivity contribution in [2.24, 2.45) is 0 Å². The molecule has 72 valence electrons. The smallest absolute Gasteiger partial charge is 0.137 e. The van der Waals surface area contributed by atoms with E-state index in [4.69, 9.17) is 4.74 Å². The van der Waals surface area contributed by atoms with Crippen LogP contribution in [0.15, 0.2) is 18.5 Å². The molecular weight excluding hydrogens is 182 g/mol. The Morgan fingerprint density at radius 2 is 2.23 bits per heavy atom. The highest BCUT2D eigenvalue weighted by atomic mass is 32.2. The number of nitrogens with zero attached hydrogens (tertiary/aromatic N) is 1. The lowest BCUT2D eigenvalue weighted by Crippen LogP contribution is -1.91. The number of pyridine rings is 1. The molecule has 0 N–H and O–H groups in total. The summed E-state index contributed by atoms with van der Waals surface area (Å²) in [5.74, 6) is 1.84. The topological polar surface area (TPSA) is 22.1 Å². The molecule has 0 spiro atoms. The lowest BCUT2D eigenvalue weighted by atomic mass is 10.3. The quantitative estimate of drug-likeness (QED) is 0.741. The van der Waals surface area contributed by atoms with Crippen LogP contribution in [0.4, 0.5) is 0 Å². The second kappa shape index (κ2) is 5.12. The molecule has 0 saturated heterocycles. The molecule has 0 atom stereocenters. The molecule has 3 heteroatoms. The molecule has 0 aliphatic carbocycles. The van der Waals surface area contributed by atoms with Crippen LogP contribution in [0.1, 0.15) is 19.4 Å². The van der Waals surface area contributed by atoms with Crippen LogP contribution in [0.25, 0.3) is 0 Å². The van der Waals surface area contributed by atoms with Crippen LogP contribution in [0, 0.1) is 0 Å². The van der Waals surface area contributed by atoms with Gasteiger partial charge in [-0.3, -0.25) is 4.98 Å². The van der Waals surface area contributed by atoms with Gasteiger partial charge in [0.05, 0.1) is 13.3 Å². The molecular formula is C10H15NOS. The maximum atomic E-state index is 5.09. The van der Waals surface area contributed by atoms with Crippen molar-refractivity contribution >= 4 is 11.8 Å². The minimum Gasteiger partial charge on any atom is -0.495 e. The zero-order valence-electron chi connectivity index (χ0n) is 8.28. The van der Waals surface area contributed by atoms with Gasteiger partial charge in [-0.05, 0) is 16.9 Å². The molecule has 0 amide bonds. The predicted molar refractivity (Wildman–Crippen MR) is 57.2 cm³/mol. The van der Waals surface area contributed by atoms with E-state index in [1.807, 2.05) is 24.0 Å². The Labute approximate surface area is 83.7 Å². The first-order chi connectivity index (χ1) is 6.22. The van der Waals surface area contributed by atoms with E-state index in [9.17, 15) is 0 Å². The summed E-state index contributed by atoms with van der Waals surface area (Å²) in [7, 11) is 1.66. The van der Waals surface area contributed by atoms with Crippen LogP contribution in [-0.2, 0) is 5.75 Å². The minimum atomic E-state index is 0.659. The molecule has 2 nitrogen and oxygen atoms in total. The van der Waals surface area contributed by atoms with Gasteiger partial charge in [-0.15, -0.1) is 0 Å². The summed E-state index contributed by atoms with van der Waals surface area (Å²) in [6.45, 7) is 4.39. The second-order valence-electron chi connectivity index (χ2n) is 3.09. The van der Waals surface area contributed by atoms with E-state index in [1.54, 1.807) is 13.3 Å². The van der Waals surface area contributed by atoms with Crippen LogP contribution in [0.3, 0.4) is 0 Å². The van der Waals surface area contributed by atoms with Gasteiger partial charge < -0.3 is 4.74 Å². The van der Waals surface area contributed by atoms with Crippen molar-refractivity contribution in [3.8, 4) is 5.75 Å². The number of methoxy groups -OCH3 is 1. The summed E-state index contributed by atoms with van der Waals surface area (Å²) in [6.07, 6.45) is 3.61. The molecule has 0 bridgehead atoms. The summed E-state index contributed by atoms with van der Waals surface area (Å²) in [6, 6.07) is 2.03. The van der Waals surface area contributed by atoms with Crippen molar-refractivity contribution in [2.45, 2.75) is 24.9 Å². The zero-order chi connectivity index (χ0) is 9.68. The van der Waals surface area contributed by atoms with E-state index in [0.29, 0.717) is 5.25 Å². The molecule has 13 heavy (non-hydrogen) atoms. The number of ether oxygens (including phenoxy) is 1. The summed E-state index contributed by atoms with van der Waals surface area (Å²) in [5.41, 5.74) is 1.22. The Balaban J connectivity index is 2.56. The van der Waals surface area contributed by atoms with Gasteiger partial charge >= 0.3 is 0 Å². The molecule has 0 aromatic carbocycles. The maximum Gasteiger partial charge on any atom is 0.137 e. The fourth-order valence-corrected chi connectivity index (χ4v) is 1.60. The standard InChI is InChI=1S/C10H15NOS/c1-8(2)13-7-9-4-10(12-3)6-11-5-9/h4-6,8H,7H2,1-3H3. The third kappa shape index (κ3) is 3.68. The average molecular weight is 197 g/mol. The molecule has 0 aliphatic rings. The van der Waals surface area contributed by atoms with E-state index in [2.05, 4.69) is 18.8 Å². The molecule has 1 heterocycles. The largest absolute Gasteiger partial charge is 0.495 e. The first-order valence-electron chi connectivity index (χ1n) is 4.32. The third-order valence-corrected chi connectivity index (χ3v) is 2.76. The van der Waals surface area contributed by atoms with Crippen LogP contribution in [-0.4, -0.2) is 17.3 Å². The average Bonchev–Trinajstić information content (AvgIpc) is 2.15. The zero-order valence-corrected chi connectivity index (χ0v) is 9.10. The minimum absolute atomic E-state index is 0.659. The molecule has 0 unspecified atom stereocenters. The predicted octanol–water partition coefficient (Wildman–Crippen LogP) is 2.73. The lowest BCUT2D eigenvalue weighted by Gasteiger charge is -2.05. The Morgan fingerprint density at radius 3 is 2.85 bits per heavy atom. The van der Waals surface area contributed by atoms with Gasteiger partial charge in [0.15, 0.2) is 0 Å². The highest BCUT2D eigenvalue weighted by Crippen LogP contribution is 2.19. The molecule has 1 rings (SSSR count). The van der Waals surface area contributed by atoms with Gasteiger partial charge in [-0.25, -0.2) is 0 Å². The van der Waals surface area contributed by atoms with Crippen molar-refractivity contribution < 1.29 is 4.74 Å². The van der Waals surface area contributed by atoms with Crippen LogP contribution >= 0.6 is 11.8 Å². The van der Waals surface area contributed by atoms with Crippen molar-refractivity contribution in [3.05, 3.63) is 24.0 Å². The van der Waals surface area contributed by atoms with Crippen LogP contribution in [0.2, 0.25) is 0 Å². The molecule has 0 aliphatic heterocycles. The fourth-order valence-electron chi connectivity index (χ4n) is 0.917. The van der Waals surface area contributed by atoms with E-state index < -0.39 is 0 Å². The Hall–Kier alpha value is -0.700. The van der Waals surface area contributed by atoms with Gasteiger partial charge in [0, 0.05) is 11.9 Å². The normalized spacial score (nSPS) is 10.5. The molecule has 0 fully saturated rings. The first kappa shape index (κ1) is 10.4. The fraction of sp³-hybridized carbons (Fsp3) is 0.500. The molecule has 1 aromatic rings. The van der Waals surface area contributed by atoms with Gasteiger partial charge in [0.1, 0.15) is 5.75 Å². The van der Waals surface area contributed by atoms with E-state index >= 15 is 0 Å². The van der Waals surface area contributed by atoms with Crippen molar-refractivity contribution in [2.75, 3.05) is 7.11 Å². The highest BCUT2D eigenvalue weighted by molar-refractivity contribution is 7.99. The van der Waals surface area contributed by atoms with E-state index in [0.717, 1.165) is 11.5 Å². The Kier molecular flexibility index (Phi) is 4.09. The Morgan fingerprint density at radius 1 is 1.46 bits per heavy atom. The highest BCUT2D eigenvalue weighted by Gasteiger charge is 1.99. The maximum absolute atomic E-state index is 5.09. The number of rotatable bonds is 4. The monoisotopic (exact) mass is 197 g/mol. The van der Waals surface area contributed by atoms with Crippen LogP contribution < -0.4 is 4.74 Å². The summed E-state index contributed by atoms with van der Waals surface area (Å²) in [4.78, 5) is 4.10. The number of aromatic nitrogens is 1. The van der Waals surface area contributed by atoms with E-state index in [-0.39, 0.29) is 0 Å². The SMILES string of the molecule is COc1cncc(CSC(C)C)c1. The van der Waals surface area contributed by atoms with Gasteiger partial charge in [0.2, 0.25) is 0 Å². The van der Waals surface area contributed by atoms with Crippen molar-refractivity contribution in [1.82, 2.24) is 4.98 Å². The third-order valence-electron chi connectivity index (χ3n) is 1.59. The van der Waals surface area contributed by atoms with E-state index in [1.165, 1.54) is 5.56 Å². The van der Waals surface area contributed by atoms with Gasteiger partial charge in [-0.1, -0.05) is 13.8 Å². The van der Waals surface area contributed by atoms with Crippen molar-refractivity contribution in [1.29, 1.82) is 0 Å².